The molecule has 0 N–H and O–H groups in total. The van der Waals surface area contributed by atoms with Crippen molar-refractivity contribution in [3.63, 3.8) is 0 Å². The van der Waals surface area contributed by atoms with Crippen molar-refractivity contribution in [1.29, 1.82) is 0 Å². The molecule has 0 atom stereocenters. The molecule has 6 heteroatoms. The summed E-state index contributed by atoms with van der Waals surface area (Å²) in [6.07, 6.45) is 9.35. The molecule has 0 spiro atoms. The number of rotatable bonds is 16. The smallest absolute Gasteiger partial charge is 0.128 e. The van der Waals surface area contributed by atoms with Crippen molar-refractivity contribution in [2.45, 2.75) is 0 Å². The van der Waals surface area contributed by atoms with Gasteiger partial charge >= 0.3 is 0 Å². The van der Waals surface area contributed by atoms with Crippen molar-refractivity contribution in [1.82, 2.24) is 0 Å². The molecule has 1 radical (unpaired) electrons. The SMILES string of the molecule is C=CCN(CC=C)c1cc(OC)c([CH]c2c(OC)cc(N(CC=C)CC=C)cc2OC)c(OC)c1. The first-order valence-corrected chi connectivity index (χ1v) is 11.3. The van der Waals surface area contributed by atoms with Crippen molar-refractivity contribution in [2.75, 3.05) is 64.4 Å². The third kappa shape index (κ3) is 6.63. The molecule has 2 rings (SSSR count). The molecule has 2 aromatic rings. The summed E-state index contributed by atoms with van der Waals surface area (Å²) in [6, 6.07) is 7.91. The van der Waals surface area contributed by atoms with Crippen LogP contribution < -0.4 is 28.7 Å². The maximum absolute atomic E-state index is 5.78. The van der Waals surface area contributed by atoms with Gasteiger partial charge in [0.15, 0.2) is 0 Å². The Morgan fingerprint density at radius 1 is 0.543 bits per heavy atom. The molecule has 187 valence electrons. The van der Waals surface area contributed by atoms with Crippen molar-refractivity contribution < 1.29 is 18.9 Å². The summed E-state index contributed by atoms with van der Waals surface area (Å²) in [7, 11) is 6.56. The minimum absolute atomic E-state index is 0.658. The fourth-order valence-electron chi connectivity index (χ4n) is 3.84. The van der Waals surface area contributed by atoms with Crippen LogP contribution in [0.15, 0.2) is 74.9 Å². The molecule has 0 bridgehead atoms. The molecule has 0 aliphatic rings. The zero-order valence-corrected chi connectivity index (χ0v) is 21.4. The molecule has 0 aromatic heterocycles. The number of hydrogen-bond acceptors (Lipinski definition) is 6. The van der Waals surface area contributed by atoms with Gasteiger partial charge in [0.05, 0.1) is 28.4 Å². The van der Waals surface area contributed by atoms with Gasteiger partial charge in [-0.05, 0) is 0 Å². The van der Waals surface area contributed by atoms with E-state index < -0.39 is 0 Å². The van der Waals surface area contributed by atoms with E-state index in [1.807, 2.05) is 55.0 Å². The average Bonchev–Trinajstić information content (AvgIpc) is 2.88. The van der Waals surface area contributed by atoms with Crippen molar-refractivity contribution in [2.24, 2.45) is 0 Å². The summed E-state index contributed by atoms with van der Waals surface area (Å²) in [5, 5.41) is 0. The Morgan fingerprint density at radius 3 is 1.00 bits per heavy atom. The van der Waals surface area contributed by atoms with Gasteiger partial charge in [0.2, 0.25) is 0 Å². The Labute approximate surface area is 210 Å². The largest absolute Gasteiger partial charge is 0.496 e. The number of anilines is 2. The van der Waals surface area contributed by atoms with Gasteiger partial charge in [-0.3, -0.25) is 0 Å². The second-order valence-electron chi connectivity index (χ2n) is 7.64. The second-order valence-corrected chi connectivity index (χ2v) is 7.64. The first kappa shape index (κ1) is 27.4. The summed E-state index contributed by atoms with van der Waals surface area (Å²) in [5.74, 6) is 2.63. The minimum Gasteiger partial charge on any atom is -0.496 e. The molecular weight excluding hydrogens is 440 g/mol. The van der Waals surface area contributed by atoms with E-state index in [0.29, 0.717) is 49.2 Å². The molecule has 2 aromatic carbocycles. The van der Waals surface area contributed by atoms with Gasteiger partial charge in [0.25, 0.3) is 0 Å². The quantitative estimate of drug-likeness (QED) is 0.290. The predicted octanol–water partition coefficient (Wildman–Crippen LogP) is 5.68. The van der Waals surface area contributed by atoms with E-state index in [0.717, 1.165) is 22.5 Å². The molecule has 0 amide bonds. The lowest BCUT2D eigenvalue weighted by molar-refractivity contribution is 0.384. The number of hydrogen-bond donors (Lipinski definition) is 0. The molecule has 0 aliphatic heterocycles. The van der Waals surface area contributed by atoms with Crippen LogP contribution in [0.1, 0.15) is 11.1 Å². The monoisotopic (exact) mass is 477 g/mol. The molecule has 0 heterocycles. The molecule has 0 saturated carbocycles. The van der Waals surface area contributed by atoms with Crippen molar-refractivity contribution >= 4 is 11.4 Å². The zero-order chi connectivity index (χ0) is 25.8. The highest BCUT2D eigenvalue weighted by Gasteiger charge is 2.22. The fourth-order valence-corrected chi connectivity index (χ4v) is 3.84. The van der Waals surface area contributed by atoms with Gasteiger partial charge in [-0.25, -0.2) is 0 Å². The standard InChI is InChI=1S/C29H37N2O4/c1-9-13-30(14-10-2)22-17-26(32-5)24(27(18-22)33-6)21-25-28(34-7)19-23(20-29(25)35-8)31(15-11-3)16-12-4/h9-12,17-21H,1-4,13-16H2,5-8H3. The van der Waals surface area contributed by atoms with Crippen molar-refractivity contribution in [3.8, 4) is 23.0 Å². The highest BCUT2D eigenvalue weighted by Crippen LogP contribution is 2.42. The zero-order valence-electron chi connectivity index (χ0n) is 21.4. The van der Waals surface area contributed by atoms with Crippen LogP contribution in [-0.2, 0) is 0 Å². The molecular formula is C29H37N2O4. The maximum atomic E-state index is 5.78. The third-order valence-corrected chi connectivity index (χ3v) is 5.47. The second kappa shape index (κ2) is 13.8. The van der Waals surface area contributed by atoms with Crippen LogP contribution >= 0.6 is 0 Å². The number of benzene rings is 2. The topological polar surface area (TPSA) is 43.4 Å². The third-order valence-electron chi connectivity index (χ3n) is 5.47. The highest BCUT2D eigenvalue weighted by atomic mass is 16.5. The Balaban J connectivity index is 2.62. The van der Waals surface area contributed by atoms with Gasteiger partial charge in [-0.15, -0.1) is 26.3 Å². The Morgan fingerprint density at radius 2 is 0.800 bits per heavy atom. The average molecular weight is 478 g/mol. The van der Waals surface area contributed by atoms with E-state index in [9.17, 15) is 0 Å². The predicted molar refractivity (Wildman–Crippen MR) is 147 cm³/mol. The van der Waals surface area contributed by atoms with Crippen LogP contribution in [0.5, 0.6) is 23.0 Å². The Hall–Kier alpha value is -3.80. The summed E-state index contributed by atoms with van der Waals surface area (Å²) < 4.78 is 23.1. The fraction of sp³-hybridized carbons (Fsp3) is 0.276. The molecule has 0 saturated heterocycles. The van der Waals surface area contributed by atoms with Gasteiger partial charge in [-0.1, -0.05) is 24.3 Å². The summed E-state index contributed by atoms with van der Waals surface area (Å²) >= 11 is 0. The molecule has 6 nitrogen and oxygen atoms in total. The first-order valence-electron chi connectivity index (χ1n) is 11.3. The van der Waals surface area contributed by atoms with Gasteiger partial charge in [-0.2, -0.15) is 0 Å². The first-order chi connectivity index (χ1) is 17.0. The Kier molecular flexibility index (Phi) is 10.8. The van der Waals surface area contributed by atoms with Crippen LogP contribution in [0.3, 0.4) is 0 Å². The van der Waals surface area contributed by atoms with Crippen molar-refractivity contribution in [3.05, 3.63) is 92.4 Å². The lowest BCUT2D eigenvalue weighted by Gasteiger charge is -2.26. The van der Waals surface area contributed by atoms with Gasteiger partial charge < -0.3 is 28.7 Å². The van der Waals surface area contributed by atoms with Crippen LogP contribution in [0.4, 0.5) is 11.4 Å². The van der Waals surface area contributed by atoms with Crippen LogP contribution in [-0.4, -0.2) is 54.6 Å². The Bertz CT molecular complexity index is 880. The van der Waals surface area contributed by atoms with E-state index in [-0.39, 0.29) is 0 Å². The van der Waals surface area contributed by atoms with Gasteiger partial charge in [0, 0.05) is 79.4 Å². The summed E-state index contributed by atoms with van der Waals surface area (Å²) in [5.41, 5.74) is 3.42. The van der Waals surface area contributed by atoms with E-state index in [1.54, 1.807) is 28.4 Å². The van der Waals surface area contributed by atoms with Crippen LogP contribution in [0.25, 0.3) is 0 Å². The van der Waals surface area contributed by atoms with E-state index >= 15 is 0 Å². The van der Waals surface area contributed by atoms with E-state index in [4.69, 9.17) is 18.9 Å². The van der Waals surface area contributed by atoms with Crippen LogP contribution in [0.2, 0.25) is 0 Å². The van der Waals surface area contributed by atoms with E-state index in [1.165, 1.54) is 0 Å². The lowest BCUT2D eigenvalue weighted by Crippen LogP contribution is -2.23. The van der Waals surface area contributed by atoms with Gasteiger partial charge in [0.1, 0.15) is 23.0 Å². The molecule has 0 aliphatic carbocycles. The number of ether oxygens (including phenoxy) is 4. The minimum atomic E-state index is 0.658. The highest BCUT2D eigenvalue weighted by molar-refractivity contribution is 5.69. The molecule has 0 unspecified atom stereocenters. The lowest BCUT2D eigenvalue weighted by atomic mass is 9.99. The van der Waals surface area contributed by atoms with E-state index in [2.05, 4.69) is 36.1 Å². The maximum Gasteiger partial charge on any atom is 0.128 e. The molecule has 35 heavy (non-hydrogen) atoms. The number of nitrogens with zero attached hydrogens (tertiary/aromatic N) is 2. The number of methoxy groups -OCH3 is 4. The van der Waals surface area contributed by atoms with Crippen LogP contribution in [0, 0.1) is 6.42 Å². The normalized spacial score (nSPS) is 10.2. The summed E-state index contributed by atoms with van der Waals surface area (Å²) in [4.78, 5) is 4.25. The molecule has 0 fully saturated rings. The summed E-state index contributed by atoms with van der Waals surface area (Å²) in [6.45, 7) is 18.1.